The van der Waals surface area contributed by atoms with Gasteiger partial charge in [-0.05, 0) is 164 Å². The van der Waals surface area contributed by atoms with Gasteiger partial charge >= 0.3 is 35.8 Å². The summed E-state index contributed by atoms with van der Waals surface area (Å²) in [5.41, 5.74) is 2.22. The summed E-state index contributed by atoms with van der Waals surface area (Å²) in [6.45, 7) is 10.5. The molecular formula is C51H66O13. The third-order valence-corrected chi connectivity index (χ3v) is 10.00. The Hall–Kier alpha value is -5.98. The van der Waals surface area contributed by atoms with Crippen LogP contribution in [0.1, 0.15) is 149 Å². The average Bonchev–Trinajstić information content (AvgIpc) is 3.28. The SMILES string of the molecule is C=C(C)C(=O)OCCCCCC(=O)OCCCCCC(=O)OCCCCCC(=O)OCCCCCC(CC)Oc1ccc(C(=O)Oc2ccc(OC(=O)c3ccc(C)cc3)cc2)cc1. The van der Waals surface area contributed by atoms with Gasteiger partial charge in [-0.3, -0.25) is 14.4 Å². The summed E-state index contributed by atoms with van der Waals surface area (Å²) in [4.78, 5) is 72.5. The number of unbranched alkanes of at least 4 members (excludes halogenated alkanes) is 8. The molecule has 13 nitrogen and oxygen atoms in total. The number of carbonyl (C=O) groups excluding carboxylic acids is 6. The molecule has 3 aromatic carbocycles. The van der Waals surface area contributed by atoms with Crippen LogP contribution < -0.4 is 14.2 Å². The van der Waals surface area contributed by atoms with Crippen LogP contribution in [0.2, 0.25) is 0 Å². The van der Waals surface area contributed by atoms with Crippen LogP contribution in [0.5, 0.6) is 17.2 Å². The van der Waals surface area contributed by atoms with Crippen molar-refractivity contribution in [1.29, 1.82) is 0 Å². The van der Waals surface area contributed by atoms with Gasteiger partial charge in [0.05, 0.1) is 43.7 Å². The smallest absolute Gasteiger partial charge is 0.343 e. The lowest BCUT2D eigenvalue weighted by molar-refractivity contribution is -0.145. The van der Waals surface area contributed by atoms with Crippen molar-refractivity contribution in [3.05, 3.63) is 102 Å². The third kappa shape index (κ3) is 22.9. The van der Waals surface area contributed by atoms with Crippen LogP contribution in [-0.4, -0.2) is 68.3 Å². The van der Waals surface area contributed by atoms with Crippen LogP contribution in [0.25, 0.3) is 0 Å². The van der Waals surface area contributed by atoms with E-state index in [9.17, 15) is 28.8 Å². The van der Waals surface area contributed by atoms with E-state index in [1.54, 1.807) is 67.6 Å². The first-order valence-electron chi connectivity index (χ1n) is 22.6. The molecule has 348 valence electrons. The molecule has 0 spiro atoms. The van der Waals surface area contributed by atoms with Crippen LogP contribution >= 0.6 is 0 Å². The molecule has 0 heterocycles. The zero-order chi connectivity index (χ0) is 46.4. The molecule has 0 saturated carbocycles. The monoisotopic (exact) mass is 886 g/mol. The van der Waals surface area contributed by atoms with Crippen molar-refractivity contribution >= 4 is 35.8 Å². The first-order valence-corrected chi connectivity index (χ1v) is 22.6. The molecule has 13 heteroatoms. The molecule has 0 aromatic heterocycles. The van der Waals surface area contributed by atoms with Gasteiger partial charge < -0.3 is 33.2 Å². The van der Waals surface area contributed by atoms with Gasteiger partial charge in [0, 0.05) is 24.8 Å². The lowest BCUT2D eigenvalue weighted by Crippen LogP contribution is -2.15. The fourth-order valence-electron chi connectivity index (χ4n) is 6.16. The van der Waals surface area contributed by atoms with Crippen molar-refractivity contribution in [3.63, 3.8) is 0 Å². The molecule has 0 radical (unpaired) electrons. The van der Waals surface area contributed by atoms with E-state index in [1.165, 1.54) is 0 Å². The van der Waals surface area contributed by atoms with Crippen molar-refractivity contribution in [1.82, 2.24) is 0 Å². The second-order valence-electron chi connectivity index (χ2n) is 15.6. The minimum atomic E-state index is -0.524. The van der Waals surface area contributed by atoms with Gasteiger partial charge in [0.25, 0.3) is 0 Å². The molecule has 64 heavy (non-hydrogen) atoms. The van der Waals surface area contributed by atoms with E-state index in [-0.39, 0.29) is 24.0 Å². The molecule has 0 N–H and O–H groups in total. The van der Waals surface area contributed by atoms with Gasteiger partial charge in [-0.1, -0.05) is 31.2 Å². The first-order chi connectivity index (χ1) is 30.9. The highest BCUT2D eigenvalue weighted by Gasteiger charge is 2.14. The van der Waals surface area contributed by atoms with Gasteiger partial charge in [-0.2, -0.15) is 0 Å². The minimum absolute atomic E-state index is 0.00336. The summed E-state index contributed by atoms with van der Waals surface area (Å²) < 4.78 is 38.0. The molecule has 0 aliphatic heterocycles. The van der Waals surface area contributed by atoms with E-state index in [4.69, 9.17) is 33.2 Å². The normalized spacial score (nSPS) is 11.2. The maximum Gasteiger partial charge on any atom is 0.343 e. The standard InChI is InChI=1S/C51H66O13/c1-5-42(62-43-28-26-41(27-29-43)51(57)64-45-32-30-44(31-33-45)63-50(56)40-24-22-39(4)23-25-40)18-10-6-14-34-58-46(52)19-11-7-15-35-59-47(53)20-12-8-16-36-60-48(54)21-13-9-17-37-61-49(55)38(2)3/h22-33,42H,2,5-21,34-37H2,1,3-4H3. The number of hydrogen-bond donors (Lipinski definition) is 0. The predicted octanol–water partition coefficient (Wildman–Crippen LogP) is 10.6. The highest BCUT2D eigenvalue weighted by Crippen LogP contribution is 2.22. The maximum absolute atomic E-state index is 12.8. The number of esters is 6. The third-order valence-electron chi connectivity index (χ3n) is 10.00. The van der Waals surface area contributed by atoms with Crippen molar-refractivity contribution in [2.24, 2.45) is 0 Å². The molecule has 0 aliphatic rings. The number of benzene rings is 3. The summed E-state index contributed by atoms with van der Waals surface area (Å²) in [6.07, 6.45) is 11.5. The first kappa shape index (κ1) is 52.4. The largest absolute Gasteiger partial charge is 0.490 e. The molecule has 1 unspecified atom stereocenters. The Morgan fingerprint density at radius 1 is 0.484 bits per heavy atom. The maximum atomic E-state index is 12.8. The van der Waals surface area contributed by atoms with E-state index < -0.39 is 17.9 Å². The Morgan fingerprint density at radius 3 is 1.27 bits per heavy atom. The van der Waals surface area contributed by atoms with Crippen molar-refractivity contribution < 1.29 is 61.9 Å². The number of rotatable bonds is 32. The lowest BCUT2D eigenvalue weighted by atomic mass is 10.1. The molecule has 3 aromatic rings. The fraction of sp³-hybridized carbons (Fsp3) is 0.490. The predicted molar refractivity (Wildman–Crippen MR) is 241 cm³/mol. The highest BCUT2D eigenvalue weighted by molar-refractivity contribution is 5.92. The van der Waals surface area contributed by atoms with Crippen molar-refractivity contribution in [2.45, 2.75) is 136 Å². The van der Waals surface area contributed by atoms with E-state index in [1.807, 2.05) is 19.1 Å². The quantitative estimate of drug-likeness (QED) is 0.0191. The summed E-state index contributed by atoms with van der Waals surface area (Å²) in [6, 6.07) is 20.2. The molecule has 0 aliphatic carbocycles. The highest BCUT2D eigenvalue weighted by atomic mass is 16.6. The van der Waals surface area contributed by atoms with Crippen molar-refractivity contribution in [2.75, 3.05) is 26.4 Å². The van der Waals surface area contributed by atoms with Gasteiger partial charge in [0.2, 0.25) is 0 Å². The molecule has 0 bridgehead atoms. The minimum Gasteiger partial charge on any atom is -0.490 e. The summed E-state index contributed by atoms with van der Waals surface area (Å²) in [5, 5.41) is 0. The van der Waals surface area contributed by atoms with Gasteiger partial charge in [0.15, 0.2) is 0 Å². The fourth-order valence-corrected chi connectivity index (χ4v) is 6.16. The zero-order valence-electron chi connectivity index (χ0n) is 37.9. The van der Waals surface area contributed by atoms with Crippen LogP contribution in [0.3, 0.4) is 0 Å². The van der Waals surface area contributed by atoms with Crippen LogP contribution in [0.15, 0.2) is 84.9 Å². The molecule has 0 fully saturated rings. The van der Waals surface area contributed by atoms with Crippen LogP contribution in [0, 0.1) is 6.92 Å². The zero-order valence-corrected chi connectivity index (χ0v) is 37.9. The van der Waals surface area contributed by atoms with E-state index >= 15 is 0 Å². The summed E-state index contributed by atoms with van der Waals surface area (Å²) >= 11 is 0. The Bertz CT molecular complexity index is 1880. The van der Waals surface area contributed by atoms with Gasteiger partial charge in [0.1, 0.15) is 17.2 Å². The Morgan fingerprint density at radius 2 is 0.859 bits per heavy atom. The average molecular weight is 887 g/mol. The van der Waals surface area contributed by atoms with Gasteiger partial charge in [-0.15, -0.1) is 0 Å². The summed E-state index contributed by atoms with van der Waals surface area (Å²) in [5.74, 6) is -0.815. The second kappa shape index (κ2) is 31.0. The Labute approximate surface area is 378 Å². The Kier molecular flexibility index (Phi) is 25.3. The second-order valence-corrected chi connectivity index (χ2v) is 15.6. The van der Waals surface area contributed by atoms with Gasteiger partial charge in [-0.25, -0.2) is 14.4 Å². The van der Waals surface area contributed by atoms with Crippen molar-refractivity contribution in [3.8, 4) is 17.2 Å². The van der Waals surface area contributed by atoms with E-state index in [2.05, 4.69) is 13.5 Å². The van der Waals surface area contributed by atoms with Crippen LogP contribution in [0.4, 0.5) is 0 Å². The van der Waals surface area contributed by atoms with E-state index in [0.29, 0.717) is 118 Å². The molecule has 1 atom stereocenters. The van der Waals surface area contributed by atoms with E-state index in [0.717, 1.165) is 56.9 Å². The number of hydrogen-bond acceptors (Lipinski definition) is 13. The topological polar surface area (TPSA) is 167 Å². The number of aryl methyl sites for hydroxylation is 1. The summed E-state index contributed by atoms with van der Waals surface area (Å²) in [7, 11) is 0. The Balaban J connectivity index is 1.13. The van der Waals surface area contributed by atoms with Crippen LogP contribution in [-0.2, 0) is 38.1 Å². The lowest BCUT2D eigenvalue weighted by Gasteiger charge is -2.17. The molecular weight excluding hydrogens is 821 g/mol. The number of ether oxygens (including phenoxy) is 7. The number of carbonyl (C=O) groups is 6. The molecule has 0 amide bonds. The molecule has 0 saturated heterocycles. The molecule has 3 rings (SSSR count).